The minimum Gasteiger partial charge on any atom is -0.450 e. The van der Waals surface area contributed by atoms with Gasteiger partial charge in [0, 0.05) is 24.6 Å². The second kappa shape index (κ2) is 6.60. The number of aryl methyl sites for hydroxylation is 1. The molecule has 1 aromatic carbocycles. The molecule has 0 saturated heterocycles. The van der Waals surface area contributed by atoms with E-state index in [9.17, 15) is 4.79 Å². The maximum absolute atomic E-state index is 11.3. The summed E-state index contributed by atoms with van der Waals surface area (Å²) in [5, 5.41) is 10.0. The summed E-state index contributed by atoms with van der Waals surface area (Å²) in [4.78, 5) is 11.3. The third kappa shape index (κ3) is 3.74. The van der Waals surface area contributed by atoms with Crippen molar-refractivity contribution in [2.75, 3.05) is 17.2 Å². The van der Waals surface area contributed by atoms with E-state index in [4.69, 9.17) is 4.74 Å². The van der Waals surface area contributed by atoms with Gasteiger partial charge >= 0.3 is 6.09 Å². The number of ether oxygens (including phenoxy) is 1. The van der Waals surface area contributed by atoms with Crippen LogP contribution < -0.4 is 10.6 Å². The van der Waals surface area contributed by atoms with Gasteiger partial charge in [0.25, 0.3) is 0 Å². The number of amides is 1. The SMILES string of the molecule is CCOC(=O)Nc1ccc(NCc2ccnn2C)cc1. The van der Waals surface area contributed by atoms with Crippen molar-refractivity contribution in [1.29, 1.82) is 0 Å². The Hall–Kier alpha value is -2.50. The van der Waals surface area contributed by atoms with Gasteiger partial charge in [-0.3, -0.25) is 10.00 Å². The van der Waals surface area contributed by atoms with Gasteiger partial charge in [0.2, 0.25) is 0 Å². The van der Waals surface area contributed by atoms with E-state index in [2.05, 4.69) is 15.7 Å². The fourth-order valence-electron chi connectivity index (χ4n) is 1.72. The molecule has 1 heterocycles. The zero-order valence-corrected chi connectivity index (χ0v) is 11.6. The smallest absolute Gasteiger partial charge is 0.411 e. The molecule has 0 aliphatic heterocycles. The summed E-state index contributed by atoms with van der Waals surface area (Å²) < 4.78 is 6.63. The van der Waals surface area contributed by atoms with E-state index in [1.54, 1.807) is 13.1 Å². The fourth-order valence-corrected chi connectivity index (χ4v) is 1.72. The number of aromatic nitrogens is 2. The second-order valence-electron chi connectivity index (χ2n) is 4.22. The van der Waals surface area contributed by atoms with Crippen LogP contribution in [0.3, 0.4) is 0 Å². The molecule has 2 rings (SSSR count). The first-order valence-corrected chi connectivity index (χ1v) is 6.43. The number of nitrogens with one attached hydrogen (secondary N) is 2. The van der Waals surface area contributed by atoms with Crippen molar-refractivity contribution in [3.63, 3.8) is 0 Å². The zero-order valence-electron chi connectivity index (χ0n) is 11.6. The van der Waals surface area contributed by atoms with Gasteiger partial charge in [-0.05, 0) is 37.3 Å². The Morgan fingerprint density at radius 1 is 1.25 bits per heavy atom. The average Bonchev–Trinajstić information content (AvgIpc) is 2.84. The van der Waals surface area contributed by atoms with Gasteiger partial charge in [-0.1, -0.05) is 0 Å². The van der Waals surface area contributed by atoms with Gasteiger partial charge < -0.3 is 10.1 Å². The third-order valence-corrected chi connectivity index (χ3v) is 2.80. The van der Waals surface area contributed by atoms with Crippen LogP contribution in [0.1, 0.15) is 12.6 Å². The molecule has 2 N–H and O–H groups in total. The molecule has 0 radical (unpaired) electrons. The molecule has 20 heavy (non-hydrogen) atoms. The number of benzene rings is 1. The summed E-state index contributed by atoms with van der Waals surface area (Å²) in [7, 11) is 1.91. The third-order valence-electron chi connectivity index (χ3n) is 2.80. The van der Waals surface area contributed by atoms with Crippen LogP contribution >= 0.6 is 0 Å². The lowest BCUT2D eigenvalue weighted by Gasteiger charge is -2.08. The van der Waals surface area contributed by atoms with Crippen molar-refractivity contribution in [3.05, 3.63) is 42.2 Å². The number of hydrogen-bond donors (Lipinski definition) is 2. The molecule has 6 nitrogen and oxygen atoms in total. The number of anilines is 2. The van der Waals surface area contributed by atoms with E-state index >= 15 is 0 Å². The van der Waals surface area contributed by atoms with Gasteiger partial charge in [0.05, 0.1) is 18.8 Å². The normalized spacial score (nSPS) is 10.1. The first-order chi connectivity index (χ1) is 9.69. The summed E-state index contributed by atoms with van der Waals surface area (Å²) in [6, 6.07) is 9.41. The van der Waals surface area contributed by atoms with Crippen LogP contribution in [0.4, 0.5) is 16.2 Å². The van der Waals surface area contributed by atoms with Crippen LogP contribution in [-0.4, -0.2) is 22.5 Å². The molecule has 1 amide bonds. The van der Waals surface area contributed by atoms with Crippen LogP contribution in [-0.2, 0) is 18.3 Å². The Balaban J connectivity index is 1.88. The molecule has 0 spiro atoms. The number of carbonyl (C=O) groups excluding carboxylic acids is 1. The molecule has 106 valence electrons. The van der Waals surface area contributed by atoms with Crippen LogP contribution in [0.25, 0.3) is 0 Å². The Morgan fingerprint density at radius 3 is 2.55 bits per heavy atom. The van der Waals surface area contributed by atoms with Gasteiger partial charge in [-0.15, -0.1) is 0 Å². The minimum atomic E-state index is -0.442. The van der Waals surface area contributed by atoms with Crippen LogP contribution in [0.5, 0.6) is 0 Å². The van der Waals surface area contributed by atoms with E-state index in [1.165, 1.54) is 0 Å². The molecule has 6 heteroatoms. The first-order valence-electron chi connectivity index (χ1n) is 6.43. The van der Waals surface area contributed by atoms with Crippen molar-refractivity contribution in [2.45, 2.75) is 13.5 Å². The highest BCUT2D eigenvalue weighted by Crippen LogP contribution is 2.14. The molecule has 0 aliphatic rings. The van der Waals surface area contributed by atoms with Gasteiger partial charge in [0.1, 0.15) is 0 Å². The maximum atomic E-state index is 11.3. The van der Waals surface area contributed by atoms with Crippen LogP contribution in [0.15, 0.2) is 36.5 Å². The Kier molecular flexibility index (Phi) is 4.60. The highest BCUT2D eigenvalue weighted by molar-refractivity contribution is 5.84. The molecule has 0 bridgehead atoms. The Bertz CT molecular complexity index is 563. The molecular weight excluding hydrogens is 256 g/mol. The number of hydrogen-bond acceptors (Lipinski definition) is 4. The first kappa shape index (κ1) is 13.9. The molecule has 0 aliphatic carbocycles. The number of nitrogens with zero attached hydrogens (tertiary/aromatic N) is 2. The quantitative estimate of drug-likeness (QED) is 0.879. The summed E-state index contributed by atoms with van der Waals surface area (Å²) in [5.74, 6) is 0. The van der Waals surface area contributed by atoms with Crippen molar-refractivity contribution >= 4 is 17.5 Å². The monoisotopic (exact) mass is 274 g/mol. The van der Waals surface area contributed by atoms with Crippen molar-refractivity contribution in [3.8, 4) is 0 Å². The fraction of sp³-hybridized carbons (Fsp3) is 0.286. The topological polar surface area (TPSA) is 68.2 Å². The molecule has 0 unspecified atom stereocenters. The second-order valence-corrected chi connectivity index (χ2v) is 4.22. The Labute approximate surface area is 117 Å². The van der Waals surface area contributed by atoms with E-state index in [1.807, 2.05) is 42.1 Å². The lowest BCUT2D eigenvalue weighted by Crippen LogP contribution is -2.13. The molecule has 0 fully saturated rings. The summed E-state index contributed by atoms with van der Waals surface area (Å²) in [6.07, 6.45) is 1.33. The summed E-state index contributed by atoms with van der Waals surface area (Å²) >= 11 is 0. The number of carbonyl (C=O) groups is 1. The van der Waals surface area contributed by atoms with E-state index in [-0.39, 0.29) is 0 Å². The van der Waals surface area contributed by atoms with Crippen molar-refractivity contribution in [1.82, 2.24) is 9.78 Å². The predicted molar refractivity (Wildman–Crippen MR) is 77.6 cm³/mol. The largest absolute Gasteiger partial charge is 0.450 e. The maximum Gasteiger partial charge on any atom is 0.411 e. The van der Waals surface area contributed by atoms with Crippen molar-refractivity contribution < 1.29 is 9.53 Å². The molecular formula is C14H18N4O2. The molecule has 0 atom stereocenters. The predicted octanol–water partition coefficient (Wildman–Crippen LogP) is 2.60. The van der Waals surface area contributed by atoms with Gasteiger partial charge in [-0.25, -0.2) is 4.79 Å². The lowest BCUT2D eigenvalue weighted by atomic mass is 10.2. The molecule has 1 aromatic heterocycles. The lowest BCUT2D eigenvalue weighted by molar-refractivity contribution is 0.168. The molecule has 2 aromatic rings. The molecule has 0 saturated carbocycles. The van der Waals surface area contributed by atoms with Gasteiger partial charge in [0.15, 0.2) is 0 Å². The number of rotatable bonds is 5. The zero-order chi connectivity index (χ0) is 14.4. The van der Waals surface area contributed by atoms with Gasteiger partial charge in [-0.2, -0.15) is 5.10 Å². The van der Waals surface area contributed by atoms with Crippen LogP contribution in [0.2, 0.25) is 0 Å². The van der Waals surface area contributed by atoms with E-state index in [0.717, 1.165) is 11.4 Å². The van der Waals surface area contributed by atoms with E-state index in [0.29, 0.717) is 18.8 Å². The summed E-state index contributed by atoms with van der Waals surface area (Å²) in [5.41, 5.74) is 2.77. The highest BCUT2D eigenvalue weighted by atomic mass is 16.5. The van der Waals surface area contributed by atoms with Crippen LogP contribution in [0, 0.1) is 0 Å². The minimum absolute atomic E-state index is 0.357. The highest BCUT2D eigenvalue weighted by Gasteiger charge is 2.02. The average molecular weight is 274 g/mol. The standard InChI is InChI=1S/C14H18N4O2/c1-3-20-14(19)17-12-6-4-11(5-7-12)15-10-13-8-9-16-18(13)2/h4-9,15H,3,10H2,1-2H3,(H,17,19). The van der Waals surface area contributed by atoms with Crippen molar-refractivity contribution in [2.24, 2.45) is 7.05 Å². The summed E-state index contributed by atoms with van der Waals surface area (Å²) in [6.45, 7) is 2.82. The Morgan fingerprint density at radius 2 is 1.95 bits per heavy atom. The van der Waals surface area contributed by atoms with E-state index < -0.39 is 6.09 Å².